The molecule has 116 valence electrons. The van der Waals surface area contributed by atoms with Gasteiger partial charge in [-0.05, 0) is 24.6 Å². The number of nitrogens with one attached hydrogen (secondary N) is 2. The van der Waals surface area contributed by atoms with Crippen molar-refractivity contribution in [2.45, 2.75) is 19.5 Å². The molecular formula is C18H19N5. The molecule has 3 aromatic rings. The summed E-state index contributed by atoms with van der Waals surface area (Å²) in [5.74, 6) is 1.56. The van der Waals surface area contributed by atoms with Crippen LogP contribution < -0.4 is 10.6 Å². The van der Waals surface area contributed by atoms with Gasteiger partial charge in [-0.25, -0.2) is 9.97 Å². The van der Waals surface area contributed by atoms with Crippen LogP contribution in [0, 0.1) is 0 Å². The Balaban J connectivity index is 1.63. The van der Waals surface area contributed by atoms with Gasteiger partial charge >= 0.3 is 0 Å². The molecule has 0 saturated heterocycles. The topological polar surface area (TPSA) is 62.7 Å². The van der Waals surface area contributed by atoms with E-state index in [-0.39, 0.29) is 6.04 Å². The molecule has 0 saturated carbocycles. The number of benzene rings is 1. The van der Waals surface area contributed by atoms with Crippen molar-refractivity contribution in [1.82, 2.24) is 15.0 Å². The normalized spacial score (nSPS) is 11.7. The highest BCUT2D eigenvalue weighted by molar-refractivity contribution is 5.47. The summed E-state index contributed by atoms with van der Waals surface area (Å²) in [5, 5.41) is 6.65. The van der Waals surface area contributed by atoms with Gasteiger partial charge in [0.15, 0.2) is 0 Å². The van der Waals surface area contributed by atoms with Gasteiger partial charge in [-0.3, -0.25) is 4.98 Å². The molecule has 2 aromatic heterocycles. The van der Waals surface area contributed by atoms with E-state index >= 15 is 0 Å². The van der Waals surface area contributed by atoms with Gasteiger partial charge in [0, 0.05) is 18.3 Å². The van der Waals surface area contributed by atoms with Gasteiger partial charge in [0.1, 0.15) is 18.0 Å². The van der Waals surface area contributed by atoms with Crippen LogP contribution in [0.2, 0.25) is 0 Å². The van der Waals surface area contributed by atoms with Crippen LogP contribution >= 0.6 is 0 Å². The van der Waals surface area contributed by atoms with Crippen molar-refractivity contribution < 1.29 is 0 Å². The van der Waals surface area contributed by atoms with E-state index in [2.05, 4.69) is 44.6 Å². The van der Waals surface area contributed by atoms with Crippen LogP contribution in [-0.4, -0.2) is 15.0 Å². The molecule has 0 aliphatic carbocycles. The lowest BCUT2D eigenvalue weighted by Gasteiger charge is -2.15. The van der Waals surface area contributed by atoms with Crippen LogP contribution in [0.25, 0.3) is 0 Å². The fraction of sp³-hybridized carbons (Fsp3) is 0.167. The van der Waals surface area contributed by atoms with Crippen molar-refractivity contribution in [3.63, 3.8) is 0 Å². The summed E-state index contributed by atoms with van der Waals surface area (Å²) in [5.41, 5.74) is 2.19. The second kappa shape index (κ2) is 7.35. The van der Waals surface area contributed by atoms with Gasteiger partial charge < -0.3 is 10.6 Å². The number of nitrogens with zero attached hydrogens (tertiary/aromatic N) is 3. The fourth-order valence-corrected chi connectivity index (χ4v) is 2.26. The van der Waals surface area contributed by atoms with Crippen LogP contribution in [0.3, 0.4) is 0 Å². The van der Waals surface area contributed by atoms with Crippen LogP contribution in [0.4, 0.5) is 11.6 Å². The lowest BCUT2D eigenvalue weighted by atomic mass is 10.1. The van der Waals surface area contributed by atoms with Crippen LogP contribution in [0.1, 0.15) is 24.2 Å². The summed E-state index contributed by atoms with van der Waals surface area (Å²) in [6.07, 6.45) is 3.34. The Kier molecular flexibility index (Phi) is 4.79. The maximum Gasteiger partial charge on any atom is 0.131 e. The predicted molar refractivity (Wildman–Crippen MR) is 92.1 cm³/mol. The maximum atomic E-state index is 4.28. The average Bonchev–Trinajstić information content (AvgIpc) is 2.62. The van der Waals surface area contributed by atoms with Crippen LogP contribution in [0.5, 0.6) is 0 Å². The van der Waals surface area contributed by atoms with E-state index in [1.807, 2.05) is 42.5 Å². The standard InChI is InChI=1S/C18H19N5/c1-14(15-7-3-2-4-8-15)23-18-11-17(21-13-22-18)20-12-16-9-5-6-10-19-16/h2-11,13-14H,12H2,1H3,(H2,20,21,22,23). The van der Waals surface area contributed by atoms with E-state index in [0.717, 1.165) is 17.3 Å². The number of pyridine rings is 1. The Bertz CT molecular complexity index is 731. The van der Waals surface area contributed by atoms with Gasteiger partial charge in [-0.15, -0.1) is 0 Å². The minimum Gasteiger partial charge on any atom is -0.364 e. The van der Waals surface area contributed by atoms with Gasteiger partial charge in [-0.1, -0.05) is 36.4 Å². The zero-order valence-corrected chi connectivity index (χ0v) is 13.0. The molecule has 23 heavy (non-hydrogen) atoms. The summed E-state index contributed by atoms with van der Waals surface area (Å²) in [6.45, 7) is 2.74. The van der Waals surface area contributed by atoms with E-state index in [4.69, 9.17) is 0 Å². The third-order valence-electron chi connectivity index (χ3n) is 3.51. The highest BCUT2D eigenvalue weighted by atomic mass is 15.1. The molecule has 0 radical (unpaired) electrons. The molecule has 0 aliphatic heterocycles. The quantitative estimate of drug-likeness (QED) is 0.727. The average molecular weight is 305 g/mol. The Morgan fingerprint density at radius 2 is 1.70 bits per heavy atom. The van der Waals surface area contributed by atoms with Crippen molar-refractivity contribution in [1.29, 1.82) is 0 Å². The summed E-state index contributed by atoms with van der Waals surface area (Å²) >= 11 is 0. The third kappa shape index (κ3) is 4.26. The van der Waals surface area contributed by atoms with Gasteiger partial charge in [0.05, 0.1) is 12.2 Å². The van der Waals surface area contributed by atoms with Crippen molar-refractivity contribution in [3.8, 4) is 0 Å². The molecule has 1 unspecified atom stereocenters. The number of hydrogen-bond donors (Lipinski definition) is 2. The summed E-state index contributed by atoms with van der Waals surface area (Å²) in [7, 11) is 0. The molecule has 2 N–H and O–H groups in total. The minimum atomic E-state index is 0.176. The van der Waals surface area contributed by atoms with E-state index in [0.29, 0.717) is 6.54 Å². The Hall–Kier alpha value is -2.95. The van der Waals surface area contributed by atoms with E-state index in [1.54, 1.807) is 12.5 Å². The molecule has 0 aliphatic rings. The van der Waals surface area contributed by atoms with Crippen molar-refractivity contribution in [3.05, 3.63) is 78.4 Å². The highest BCUT2D eigenvalue weighted by Crippen LogP contribution is 2.18. The fourth-order valence-electron chi connectivity index (χ4n) is 2.26. The molecule has 3 rings (SSSR count). The van der Waals surface area contributed by atoms with Crippen LogP contribution in [0.15, 0.2) is 67.1 Å². The summed E-state index contributed by atoms with van der Waals surface area (Å²) < 4.78 is 0. The van der Waals surface area contributed by atoms with Gasteiger partial charge in [0.25, 0.3) is 0 Å². The predicted octanol–water partition coefficient (Wildman–Crippen LogP) is 3.66. The highest BCUT2D eigenvalue weighted by Gasteiger charge is 2.06. The van der Waals surface area contributed by atoms with Gasteiger partial charge in [-0.2, -0.15) is 0 Å². The van der Waals surface area contributed by atoms with Crippen molar-refractivity contribution >= 4 is 11.6 Å². The molecule has 5 nitrogen and oxygen atoms in total. The van der Waals surface area contributed by atoms with E-state index in [1.165, 1.54) is 5.56 Å². The SMILES string of the molecule is CC(Nc1cc(NCc2ccccn2)ncn1)c1ccccc1. The smallest absolute Gasteiger partial charge is 0.131 e. The first-order chi connectivity index (χ1) is 11.3. The molecule has 1 aromatic carbocycles. The first-order valence-electron chi connectivity index (χ1n) is 7.58. The Morgan fingerprint density at radius 1 is 0.913 bits per heavy atom. The summed E-state index contributed by atoms with van der Waals surface area (Å²) in [6, 6.07) is 18.2. The first kappa shape index (κ1) is 15.0. The van der Waals surface area contributed by atoms with E-state index in [9.17, 15) is 0 Å². The summed E-state index contributed by atoms with van der Waals surface area (Å²) in [4.78, 5) is 12.8. The molecule has 1 atom stereocenters. The number of anilines is 2. The Morgan fingerprint density at radius 3 is 2.48 bits per heavy atom. The zero-order valence-electron chi connectivity index (χ0n) is 13.0. The third-order valence-corrected chi connectivity index (χ3v) is 3.51. The minimum absolute atomic E-state index is 0.176. The molecule has 5 heteroatoms. The number of rotatable bonds is 6. The monoisotopic (exact) mass is 305 g/mol. The molecule has 0 fully saturated rings. The number of aromatic nitrogens is 3. The molecule has 0 bridgehead atoms. The molecular weight excluding hydrogens is 286 g/mol. The second-order valence-corrected chi connectivity index (χ2v) is 5.24. The molecule has 0 amide bonds. The number of hydrogen-bond acceptors (Lipinski definition) is 5. The van der Waals surface area contributed by atoms with Crippen LogP contribution in [-0.2, 0) is 6.54 Å². The van der Waals surface area contributed by atoms with E-state index < -0.39 is 0 Å². The maximum absolute atomic E-state index is 4.28. The zero-order chi connectivity index (χ0) is 15.9. The lowest BCUT2D eigenvalue weighted by Crippen LogP contribution is -2.09. The Labute approximate surface area is 135 Å². The van der Waals surface area contributed by atoms with Crippen molar-refractivity contribution in [2.75, 3.05) is 10.6 Å². The van der Waals surface area contributed by atoms with Crippen molar-refractivity contribution in [2.24, 2.45) is 0 Å². The lowest BCUT2D eigenvalue weighted by molar-refractivity contribution is 0.871. The first-order valence-corrected chi connectivity index (χ1v) is 7.58. The van der Waals surface area contributed by atoms with Gasteiger partial charge in [0.2, 0.25) is 0 Å². The second-order valence-electron chi connectivity index (χ2n) is 5.24. The molecule has 0 spiro atoms. The largest absolute Gasteiger partial charge is 0.364 e. The molecule has 2 heterocycles.